The van der Waals surface area contributed by atoms with E-state index in [-0.39, 0.29) is 12.1 Å². The lowest BCUT2D eigenvalue weighted by atomic mass is 10.1. The van der Waals surface area contributed by atoms with Crippen LogP contribution in [-0.4, -0.2) is 18.7 Å². The van der Waals surface area contributed by atoms with Gasteiger partial charge in [0.1, 0.15) is 11.9 Å². The van der Waals surface area contributed by atoms with E-state index in [4.69, 9.17) is 4.74 Å². The number of anilines is 2. The lowest BCUT2D eigenvalue weighted by Gasteiger charge is -2.34. The SMILES string of the molecule is CC[C@H]1CN(C(=O)Nc2cc(C)cc(C)c2)c2cc(C)ccc2O1. The molecule has 126 valence electrons. The number of carbonyl (C=O) groups excluding carboxylic acids is 1. The van der Waals surface area contributed by atoms with Crippen molar-refractivity contribution < 1.29 is 9.53 Å². The van der Waals surface area contributed by atoms with Gasteiger partial charge in [0, 0.05) is 5.69 Å². The summed E-state index contributed by atoms with van der Waals surface area (Å²) in [7, 11) is 0. The van der Waals surface area contributed by atoms with E-state index < -0.39 is 0 Å². The minimum absolute atomic E-state index is 0.0187. The Labute approximate surface area is 143 Å². The molecular formula is C20H24N2O2. The van der Waals surface area contributed by atoms with E-state index in [0.29, 0.717) is 6.54 Å². The summed E-state index contributed by atoms with van der Waals surface area (Å²) in [5.74, 6) is 0.772. The van der Waals surface area contributed by atoms with Crippen molar-refractivity contribution in [2.45, 2.75) is 40.2 Å². The molecule has 0 fully saturated rings. The molecule has 0 aliphatic carbocycles. The van der Waals surface area contributed by atoms with Crippen molar-refractivity contribution in [3.05, 3.63) is 53.1 Å². The molecule has 0 aromatic heterocycles. The lowest BCUT2D eigenvalue weighted by Crippen LogP contribution is -2.45. The normalized spacial score (nSPS) is 16.3. The van der Waals surface area contributed by atoms with Gasteiger partial charge in [-0.3, -0.25) is 4.90 Å². The molecule has 1 atom stereocenters. The predicted molar refractivity (Wildman–Crippen MR) is 98.2 cm³/mol. The second kappa shape index (κ2) is 6.56. The van der Waals surface area contributed by atoms with E-state index in [0.717, 1.165) is 40.2 Å². The number of ether oxygens (including phenoxy) is 1. The Morgan fingerprint density at radius 1 is 1.12 bits per heavy atom. The molecule has 4 heteroatoms. The molecule has 0 spiro atoms. The first kappa shape index (κ1) is 16.4. The van der Waals surface area contributed by atoms with Gasteiger partial charge in [0.15, 0.2) is 0 Å². The van der Waals surface area contributed by atoms with E-state index in [1.807, 2.05) is 51.1 Å². The lowest BCUT2D eigenvalue weighted by molar-refractivity contribution is 0.188. The van der Waals surface area contributed by atoms with Crippen LogP contribution in [0, 0.1) is 20.8 Å². The highest BCUT2D eigenvalue weighted by molar-refractivity contribution is 6.03. The summed E-state index contributed by atoms with van der Waals surface area (Å²) < 4.78 is 5.98. The minimum atomic E-state index is -0.117. The fourth-order valence-corrected chi connectivity index (χ4v) is 3.10. The van der Waals surface area contributed by atoms with Crippen molar-refractivity contribution in [3.63, 3.8) is 0 Å². The second-order valence-corrected chi connectivity index (χ2v) is 6.54. The molecule has 4 nitrogen and oxygen atoms in total. The molecule has 0 saturated heterocycles. The number of aryl methyl sites for hydroxylation is 3. The van der Waals surface area contributed by atoms with Crippen LogP contribution in [0.4, 0.5) is 16.2 Å². The maximum Gasteiger partial charge on any atom is 0.326 e. The van der Waals surface area contributed by atoms with E-state index in [1.54, 1.807) is 4.90 Å². The third-order valence-corrected chi connectivity index (χ3v) is 4.26. The Morgan fingerprint density at radius 2 is 1.83 bits per heavy atom. The molecule has 2 amide bonds. The number of amides is 2. The van der Waals surface area contributed by atoms with Gasteiger partial charge in [0.2, 0.25) is 0 Å². The van der Waals surface area contributed by atoms with Crippen LogP contribution in [0.15, 0.2) is 36.4 Å². The van der Waals surface area contributed by atoms with E-state index in [9.17, 15) is 4.79 Å². The number of nitrogens with one attached hydrogen (secondary N) is 1. The average molecular weight is 324 g/mol. The van der Waals surface area contributed by atoms with Crippen molar-refractivity contribution in [3.8, 4) is 5.75 Å². The van der Waals surface area contributed by atoms with Gasteiger partial charge in [-0.05, 0) is 68.1 Å². The summed E-state index contributed by atoms with van der Waals surface area (Å²) in [6, 6.07) is 11.9. The molecule has 0 saturated carbocycles. The number of hydrogen-bond acceptors (Lipinski definition) is 2. The molecule has 0 unspecified atom stereocenters. The highest BCUT2D eigenvalue weighted by Crippen LogP contribution is 2.35. The van der Waals surface area contributed by atoms with Crippen LogP contribution in [-0.2, 0) is 0 Å². The number of hydrogen-bond donors (Lipinski definition) is 1. The van der Waals surface area contributed by atoms with Gasteiger partial charge in [0.25, 0.3) is 0 Å². The number of urea groups is 1. The summed E-state index contributed by atoms with van der Waals surface area (Å²) in [4.78, 5) is 14.7. The third kappa shape index (κ3) is 3.37. The zero-order chi connectivity index (χ0) is 17.3. The number of benzene rings is 2. The maximum absolute atomic E-state index is 12.9. The Bertz CT molecular complexity index is 750. The van der Waals surface area contributed by atoms with Crippen LogP contribution in [0.25, 0.3) is 0 Å². The molecule has 0 bridgehead atoms. The van der Waals surface area contributed by atoms with Crippen LogP contribution in [0.2, 0.25) is 0 Å². The first-order chi connectivity index (χ1) is 11.5. The summed E-state index contributed by atoms with van der Waals surface area (Å²) in [6.45, 7) is 8.71. The Morgan fingerprint density at radius 3 is 2.50 bits per heavy atom. The van der Waals surface area contributed by atoms with Gasteiger partial charge in [-0.2, -0.15) is 0 Å². The molecule has 1 aliphatic heterocycles. The van der Waals surface area contributed by atoms with Gasteiger partial charge >= 0.3 is 6.03 Å². The molecule has 24 heavy (non-hydrogen) atoms. The van der Waals surface area contributed by atoms with Gasteiger partial charge in [0.05, 0.1) is 12.2 Å². The largest absolute Gasteiger partial charge is 0.486 e. The quantitative estimate of drug-likeness (QED) is 0.860. The number of fused-ring (bicyclic) bond motifs is 1. The van der Waals surface area contributed by atoms with E-state index in [1.165, 1.54) is 0 Å². The topological polar surface area (TPSA) is 41.6 Å². The zero-order valence-electron chi connectivity index (χ0n) is 14.7. The van der Waals surface area contributed by atoms with E-state index in [2.05, 4.69) is 18.3 Å². The standard InChI is InChI=1S/C20H24N2O2/c1-5-17-12-22(18-11-13(2)6-7-19(18)24-17)20(23)21-16-9-14(3)8-15(4)10-16/h6-11,17H,5,12H2,1-4H3,(H,21,23)/t17-/m0/s1. The molecule has 1 aliphatic rings. The molecule has 3 rings (SSSR count). The third-order valence-electron chi connectivity index (χ3n) is 4.26. The summed E-state index contributed by atoms with van der Waals surface area (Å²) in [6.07, 6.45) is 0.880. The van der Waals surface area contributed by atoms with E-state index >= 15 is 0 Å². The van der Waals surface area contributed by atoms with Gasteiger partial charge < -0.3 is 10.1 Å². The molecule has 2 aromatic rings. The van der Waals surface area contributed by atoms with Crippen LogP contribution in [0.3, 0.4) is 0 Å². The molecule has 2 aromatic carbocycles. The van der Waals surface area contributed by atoms with Crippen LogP contribution in [0.5, 0.6) is 5.75 Å². The van der Waals surface area contributed by atoms with Crippen LogP contribution in [0.1, 0.15) is 30.0 Å². The molecule has 1 heterocycles. The number of carbonyl (C=O) groups is 1. The van der Waals surface area contributed by atoms with Crippen LogP contribution < -0.4 is 15.0 Å². The monoisotopic (exact) mass is 324 g/mol. The Balaban J connectivity index is 1.89. The van der Waals surface area contributed by atoms with Crippen molar-refractivity contribution in [2.24, 2.45) is 0 Å². The maximum atomic E-state index is 12.9. The highest BCUT2D eigenvalue weighted by Gasteiger charge is 2.29. The highest BCUT2D eigenvalue weighted by atomic mass is 16.5. The van der Waals surface area contributed by atoms with Gasteiger partial charge in [-0.15, -0.1) is 0 Å². The average Bonchev–Trinajstić information content (AvgIpc) is 2.52. The Kier molecular flexibility index (Phi) is 4.47. The zero-order valence-corrected chi connectivity index (χ0v) is 14.7. The van der Waals surface area contributed by atoms with Gasteiger partial charge in [-0.1, -0.05) is 19.1 Å². The first-order valence-corrected chi connectivity index (χ1v) is 8.40. The number of nitrogens with zero attached hydrogens (tertiary/aromatic N) is 1. The van der Waals surface area contributed by atoms with Crippen molar-refractivity contribution in [1.82, 2.24) is 0 Å². The van der Waals surface area contributed by atoms with Crippen molar-refractivity contribution in [2.75, 3.05) is 16.8 Å². The molecule has 1 N–H and O–H groups in total. The van der Waals surface area contributed by atoms with Crippen molar-refractivity contribution >= 4 is 17.4 Å². The number of rotatable bonds is 2. The molecule has 0 radical (unpaired) electrons. The first-order valence-electron chi connectivity index (χ1n) is 8.40. The summed E-state index contributed by atoms with van der Waals surface area (Å²) in [5.41, 5.74) is 5.04. The fraction of sp³-hybridized carbons (Fsp3) is 0.350. The Hall–Kier alpha value is -2.49. The molecular weight excluding hydrogens is 300 g/mol. The smallest absolute Gasteiger partial charge is 0.326 e. The summed E-state index contributed by atoms with van der Waals surface area (Å²) in [5, 5.41) is 3.03. The fourth-order valence-electron chi connectivity index (χ4n) is 3.10. The van der Waals surface area contributed by atoms with Crippen LogP contribution >= 0.6 is 0 Å². The minimum Gasteiger partial charge on any atom is -0.486 e. The summed E-state index contributed by atoms with van der Waals surface area (Å²) >= 11 is 0. The van der Waals surface area contributed by atoms with Gasteiger partial charge in [-0.25, -0.2) is 4.79 Å². The van der Waals surface area contributed by atoms with Crippen molar-refractivity contribution in [1.29, 1.82) is 0 Å². The second-order valence-electron chi connectivity index (χ2n) is 6.54. The predicted octanol–water partition coefficient (Wildman–Crippen LogP) is 4.82.